The molecule has 0 saturated carbocycles. The lowest BCUT2D eigenvalue weighted by atomic mass is 10.1. The zero-order valence-corrected chi connectivity index (χ0v) is 18.3. The molecule has 1 saturated heterocycles. The number of anilines is 1. The average molecular weight is 411 g/mol. The van der Waals surface area contributed by atoms with E-state index in [1.807, 2.05) is 19.1 Å². The predicted octanol–water partition coefficient (Wildman–Crippen LogP) is 4.21. The van der Waals surface area contributed by atoms with Gasteiger partial charge in [-0.3, -0.25) is 0 Å². The van der Waals surface area contributed by atoms with Gasteiger partial charge in [-0.05, 0) is 69.0 Å². The summed E-state index contributed by atoms with van der Waals surface area (Å²) in [5.41, 5.74) is 3.53. The van der Waals surface area contributed by atoms with Gasteiger partial charge in [-0.25, -0.2) is 4.99 Å². The average Bonchev–Trinajstić information content (AvgIpc) is 3.29. The van der Waals surface area contributed by atoms with Crippen molar-refractivity contribution in [2.75, 3.05) is 31.1 Å². The standard InChI is InChI=1S/C24H34N4O2/c1-4-25-24(26-17-19-11-12-22(29)23(15-19)30-5-2)27-18(3)20-9-8-10-21(16-20)28-13-6-7-14-28/h8-12,15-16,18,29H,4-7,13-14,17H2,1-3H3,(H2,25,26,27). The van der Waals surface area contributed by atoms with Crippen LogP contribution in [0.15, 0.2) is 47.5 Å². The SMILES string of the molecule is CCNC(=NCc1ccc(O)c(OCC)c1)NC(C)c1cccc(N2CCCC2)c1. The Morgan fingerprint density at radius 2 is 1.97 bits per heavy atom. The zero-order valence-electron chi connectivity index (χ0n) is 18.3. The summed E-state index contributed by atoms with van der Waals surface area (Å²) >= 11 is 0. The van der Waals surface area contributed by atoms with Gasteiger partial charge in [0.15, 0.2) is 17.5 Å². The third-order valence-corrected chi connectivity index (χ3v) is 5.28. The van der Waals surface area contributed by atoms with Gasteiger partial charge < -0.3 is 25.4 Å². The van der Waals surface area contributed by atoms with Gasteiger partial charge in [0.25, 0.3) is 0 Å². The Morgan fingerprint density at radius 3 is 2.70 bits per heavy atom. The Hall–Kier alpha value is -2.89. The molecular formula is C24H34N4O2. The Morgan fingerprint density at radius 1 is 1.17 bits per heavy atom. The van der Waals surface area contributed by atoms with Crippen molar-refractivity contribution < 1.29 is 9.84 Å². The maximum Gasteiger partial charge on any atom is 0.192 e. The van der Waals surface area contributed by atoms with Gasteiger partial charge in [0.05, 0.1) is 19.2 Å². The van der Waals surface area contributed by atoms with Crippen molar-refractivity contribution in [3.63, 3.8) is 0 Å². The maximum absolute atomic E-state index is 9.88. The fourth-order valence-corrected chi connectivity index (χ4v) is 3.67. The molecule has 6 heteroatoms. The van der Waals surface area contributed by atoms with Gasteiger partial charge in [-0.1, -0.05) is 18.2 Å². The molecule has 1 aliphatic heterocycles. The quantitative estimate of drug-likeness (QED) is 0.449. The molecule has 1 aliphatic rings. The van der Waals surface area contributed by atoms with Gasteiger partial charge in [0.2, 0.25) is 0 Å². The number of phenolic OH excluding ortho intramolecular Hbond substituents is 1. The predicted molar refractivity (Wildman–Crippen MR) is 124 cm³/mol. The van der Waals surface area contributed by atoms with Crippen LogP contribution in [0.25, 0.3) is 0 Å². The van der Waals surface area contributed by atoms with E-state index in [9.17, 15) is 5.11 Å². The van der Waals surface area contributed by atoms with Gasteiger partial charge in [0, 0.05) is 25.3 Å². The molecule has 1 atom stereocenters. The monoisotopic (exact) mass is 410 g/mol. The minimum absolute atomic E-state index is 0.129. The minimum atomic E-state index is 0.129. The van der Waals surface area contributed by atoms with E-state index in [1.54, 1.807) is 6.07 Å². The molecule has 6 nitrogen and oxygen atoms in total. The van der Waals surface area contributed by atoms with Crippen LogP contribution in [0.1, 0.15) is 50.8 Å². The first kappa shape index (κ1) is 21.8. The molecule has 0 amide bonds. The van der Waals surface area contributed by atoms with Crippen molar-refractivity contribution >= 4 is 11.6 Å². The Bertz CT molecular complexity index is 847. The first-order chi connectivity index (χ1) is 14.6. The molecule has 3 N–H and O–H groups in total. The van der Waals surface area contributed by atoms with Crippen molar-refractivity contribution in [3.8, 4) is 11.5 Å². The second-order valence-electron chi connectivity index (χ2n) is 7.59. The van der Waals surface area contributed by atoms with Crippen LogP contribution in [0.5, 0.6) is 11.5 Å². The highest BCUT2D eigenvalue weighted by Gasteiger charge is 2.14. The highest BCUT2D eigenvalue weighted by molar-refractivity contribution is 5.80. The van der Waals surface area contributed by atoms with E-state index in [4.69, 9.17) is 9.73 Å². The third-order valence-electron chi connectivity index (χ3n) is 5.28. The highest BCUT2D eigenvalue weighted by Crippen LogP contribution is 2.27. The first-order valence-corrected chi connectivity index (χ1v) is 10.9. The summed E-state index contributed by atoms with van der Waals surface area (Å²) in [5, 5.41) is 16.7. The molecule has 0 bridgehead atoms. The summed E-state index contributed by atoms with van der Waals surface area (Å²) < 4.78 is 5.47. The molecule has 162 valence electrons. The van der Waals surface area contributed by atoms with E-state index in [2.05, 4.69) is 53.6 Å². The first-order valence-electron chi connectivity index (χ1n) is 10.9. The number of guanidine groups is 1. The number of aromatic hydroxyl groups is 1. The van der Waals surface area contributed by atoms with Crippen molar-refractivity contribution in [2.45, 2.75) is 46.2 Å². The molecular weight excluding hydrogens is 376 g/mol. The summed E-state index contributed by atoms with van der Waals surface area (Å²) in [6.07, 6.45) is 2.55. The van der Waals surface area contributed by atoms with E-state index in [-0.39, 0.29) is 11.8 Å². The van der Waals surface area contributed by atoms with E-state index >= 15 is 0 Å². The zero-order chi connectivity index (χ0) is 21.3. The summed E-state index contributed by atoms with van der Waals surface area (Å²) in [6.45, 7) is 10.2. The van der Waals surface area contributed by atoms with Crippen LogP contribution >= 0.6 is 0 Å². The second-order valence-corrected chi connectivity index (χ2v) is 7.59. The number of hydrogen-bond donors (Lipinski definition) is 3. The van der Waals surface area contributed by atoms with Crippen LogP contribution in [0, 0.1) is 0 Å². The molecule has 0 aromatic heterocycles. The Labute approximate surface area is 180 Å². The van der Waals surface area contributed by atoms with Crippen LogP contribution in [0.2, 0.25) is 0 Å². The normalized spacial score (nSPS) is 15.2. The summed E-state index contributed by atoms with van der Waals surface area (Å²) in [7, 11) is 0. The smallest absolute Gasteiger partial charge is 0.192 e. The number of aliphatic imine (C=N–C) groups is 1. The molecule has 1 heterocycles. The molecule has 1 unspecified atom stereocenters. The van der Waals surface area contributed by atoms with Gasteiger partial charge in [-0.15, -0.1) is 0 Å². The number of nitrogens with zero attached hydrogens (tertiary/aromatic N) is 2. The van der Waals surface area contributed by atoms with E-state index in [0.717, 1.165) is 31.2 Å². The van der Waals surface area contributed by atoms with E-state index < -0.39 is 0 Å². The second kappa shape index (κ2) is 10.8. The number of ether oxygens (including phenoxy) is 1. The Kier molecular flexibility index (Phi) is 7.82. The van der Waals surface area contributed by atoms with Crippen LogP contribution < -0.4 is 20.3 Å². The van der Waals surface area contributed by atoms with E-state index in [1.165, 1.54) is 24.1 Å². The number of hydrogen-bond acceptors (Lipinski definition) is 4. The van der Waals surface area contributed by atoms with Crippen LogP contribution in [-0.2, 0) is 6.54 Å². The molecule has 0 radical (unpaired) electrons. The summed E-state index contributed by atoms with van der Waals surface area (Å²) in [4.78, 5) is 7.18. The molecule has 2 aromatic rings. The molecule has 3 rings (SSSR count). The molecule has 1 fully saturated rings. The fraction of sp³-hybridized carbons (Fsp3) is 0.458. The third kappa shape index (κ3) is 5.81. The van der Waals surface area contributed by atoms with Crippen molar-refractivity contribution in [1.82, 2.24) is 10.6 Å². The fourth-order valence-electron chi connectivity index (χ4n) is 3.67. The van der Waals surface area contributed by atoms with Crippen molar-refractivity contribution in [3.05, 3.63) is 53.6 Å². The Balaban J connectivity index is 1.69. The lowest BCUT2D eigenvalue weighted by molar-refractivity contribution is 0.318. The van der Waals surface area contributed by atoms with Gasteiger partial charge in [0.1, 0.15) is 0 Å². The highest BCUT2D eigenvalue weighted by atomic mass is 16.5. The van der Waals surface area contributed by atoms with E-state index in [0.29, 0.717) is 18.9 Å². The van der Waals surface area contributed by atoms with Crippen LogP contribution in [0.4, 0.5) is 5.69 Å². The lowest BCUT2D eigenvalue weighted by Gasteiger charge is -2.22. The molecule has 30 heavy (non-hydrogen) atoms. The lowest BCUT2D eigenvalue weighted by Crippen LogP contribution is -2.38. The molecule has 0 aliphatic carbocycles. The maximum atomic E-state index is 9.88. The summed E-state index contributed by atoms with van der Waals surface area (Å²) in [5.74, 6) is 1.42. The van der Waals surface area contributed by atoms with Crippen LogP contribution in [0.3, 0.4) is 0 Å². The topological polar surface area (TPSA) is 69.1 Å². The van der Waals surface area contributed by atoms with Crippen molar-refractivity contribution in [2.24, 2.45) is 4.99 Å². The molecule has 0 spiro atoms. The molecule has 2 aromatic carbocycles. The van der Waals surface area contributed by atoms with Gasteiger partial charge >= 0.3 is 0 Å². The number of nitrogens with one attached hydrogen (secondary N) is 2. The van der Waals surface area contributed by atoms with Gasteiger partial charge in [-0.2, -0.15) is 0 Å². The number of benzene rings is 2. The van der Waals surface area contributed by atoms with Crippen LogP contribution in [-0.4, -0.2) is 37.3 Å². The number of phenols is 1. The summed E-state index contributed by atoms with van der Waals surface area (Å²) in [6, 6.07) is 14.3. The number of rotatable bonds is 8. The minimum Gasteiger partial charge on any atom is -0.504 e. The van der Waals surface area contributed by atoms with Crippen molar-refractivity contribution in [1.29, 1.82) is 0 Å². The largest absolute Gasteiger partial charge is 0.504 e.